The molecule has 0 N–H and O–H groups in total. The van der Waals surface area contributed by atoms with E-state index in [-0.39, 0.29) is 11.8 Å². The normalized spacial score (nSPS) is 15.8. The lowest BCUT2D eigenvalue weighted by atomic mass is 10.1. The molecule has 1 aliphatic rings. The van der Waals surface area contributed by atoms with Crippen LogP contribution in [-0.4, -0.2) is 35.7 Å². The average Bonchev–Trinajstić information content (AvgIpc) is 3.42. The molecule has 0 saturated carbocycles. The Bertz CT molecular complexity index is 1350. The number of carbonyl (C=O) groups excluding carboxylic acids is 1. The van der Waals surface area contributed by atoms with Gasteiger partial charge in [-0.2, -0.15) is 0 Å². The highest BCUT2D eigenvalue weighted by Gasteiger charge is 2.35. The highest BCUT2D eigenvalue weighted by Crippen LogP contribution is 2.34. The number of aryl methyl sites for hydroxylation is 1. The maximum absolute atomic E-state index is 13.0. The maximum atomic E-state index is 13.0. The molecule has 0 spiro atoms. The smallest absolute Gasteiger partial charge is 0.227 e. The van der Waals surface area contributed by atoms with Crippen LogP contribution in [0.1, 0.15) is 23.7 Å². The van der Waals surface area contributed by atoms with Gasteiger partial charge < -0.3 is 18.9 Å². The van der Waals surface area contributed by atoms with Crippen molar-refractivity contribution in [3.8, 4) is 11.5 Å². The molecule has 0 aliphatic carbocycles. The summed E-state index contributed by atoms with van der Waals surface area (Å²) in [5.74, 6) is 2.40. The third kappa shape index (κ3) is 4.21. The second-order valence-corrected chi connectivity index (χ2v) is 8.86. The van der Waals surface area contributed by atoms with E-state index in [4.69, 9.17) is 26.1 Å². The minimum Gasteiger partial charge on any atom is -0.493 e. The molecule has 34 heavy (non-hydrogen) atoms. The number of methoxy groups -OCH3 is 1. The zero-order valence-electron chi connectivity index (χ0n) is 19.2. The summed E-state index contributed by atoms with van der Waals surface area (Å²) < 4.78 is 13.6. The number of para-hydroxylation sites is 4. The van der Waals surface area contributed by atoms with Crippen LogP contribution >= 0.6 is 11.6 Å². The second kappa shape index (κ2) is 9.39. The molecule has 1 aliphatic heterocycles. The van der Waals surface area contributed by atoms with Crippen LogP contribution in [0.5, 0.6) is 11.5 Å². The molecule has 5 rings (SSSR count). The average molecular weight is 476 g/mol. The van der Waals surface area contributed by atoms with Gasteiger partial charge in [0.1, 0.15) is 12.4 Å². The lowest BCUT2D eigenvalue weighted by Crippen LogP contribution is -2.24. The van der Waals surface area contributed by atoms with E-state index >= 15 is 0 Å². The molecule has 1 unspecified atom stereocenters. The summed E-state index contributed by atoms with van der Waals surface area (Å²) in [6.07, 6.45) is 0.415. The van der Waals surface area contributed by atoms with Crippen LogP contribution in [0.3, 0.4) is 0 Å². The summed E-state index contributed by atoms with van der Waals surface area (Å²) in [4.78, 5) is 19.7. The number of aromatic nitrogens is 2. The van der Waals surface area contributed by atoms with E-state index in [1.165, 1.54) is 0 Å². The van der Waals surface area contributed by atoms with Crippen LogP contribution in [0, 0.1) is 6.92 Å². The Morgan fingerprint density at radius 2 is 1.82 bits per heavy atom. The Balaban J connectivity index is 1.40. The van der Waals surface area contributed by atoms with E-state index in [0.29, 0.717) is 42.6 Å². The van der Waals surface area contributed by atoms with Crippen LogP contribution in [-0.2, 0) is 11.3 Å². The Hall–Kier alpha value is -3.51. The number of halogens is 1. The zero-order chi connectivity index (χ0) is 23.7. The molecule has 2 heterocycles. The maximum Gasteiger partial charge on any atom is 0.227 e. The van der Waals surface area contributed by atoms with Gasteiger partial charge in [-0.1, -0.05) is 35.9 Å². The number of benzene rings is 3. The van der Waals surface area contributed by atoms with Crippen molar-refractivity contribution in [2.45, 2.75) is 25.8 Å². The van der Waals surface area contributed by atoms with Gasteiger partial charge in [0, 0.05) is 29.6 Å². The van der Waals surface area contributed by atoms with Crippen molar-refractivity contribution in [1.82, 2.24) is 9.55 Å². The van der Waals surface area contributed by atoms with Gasteiger partial charge in [-0.05, 0) is 55.0 Å². The van der Waals surface area contributed by atoms with Gasteiger partial charge in [0.2, 0.25) is 5.91 Å². The highest BCUT2D eigenvalue weighted by atomic mass is 35.5. The first kappa shape index (κ1) is 22.3. The Kier molecular flexibility index (Phi) is 6.16. The van der Waals surface area contributed by atoms with Gasteiger partial charge >= 0.3 is 0 Å². The molecule has 0 bridgehead atoms. The number of ether oxygens (including phenoxy) is 2. The summed E-state index contributed by atoms with van der Waals surface area (Å²) >= 11 is 6.19. The SMILES string of the molecule is COc1ccccc1OCCn1c(C2CC(=O)N(c3ccc(Cl)c(C)c3)C2)nc2ccccc21. The van der Waals surface area contributed by atoms with E-state index < -0.39 is 0 Å². The minimum absolute atomic E-state index is 0.0119. The molecule has 4 aromatic rings. The number of carbonyl (C=O) groups is 1. The van der Waals surface area contributed by atoms with Crippen LogP contribution in [0.2, 0.25) is 5.02 Å². The molecule has 3 aromatic carbocycles. The monoisotopic (exact) mass is 475 g/mol. The first-order valence-electron chi connectivity index (χ1n) is 11.3. The molecule has 1 amide bonds. The van der Waals surface area contributed by atoms with Crippen molar-refractivity contribution in [2.24, 2.45) is 0 Å². The van der Waals surface area contributed by atoms with Gasteiger partial charge in [-0.15, -0.1) is 0 Å². The van der Waals surface area contributed by atoms with E-state index in [1.807, 2.05) is 72.5 Å². The molecule has 1 atom stereocenters. The fourth-order valence-electron chi connectivity index (χ4n) is 4.55. The molecule has 1 aromatic heterocycles. The summed E-state index contributed by atoms with van der Waals surface area (Å²) in [6.45, 7) is 3.59. The second-order valence-electron chi connectivity index (χ2n) is 8.45. The van der Waals surface area contributed by atoms with Gasteiger partial charge in [0.15, 0.2) is 11.5 Å². The van der Waals surface area contributed by atoms with Crippen LogP contribution < -0.4 is 14.4 Å². The van der Waals surface area contributed by atoms with E-state index in [0.717, 1.165) is 28.1 Å². The lowest BCUT2D eigenvalue weighted by Gasteiger charge is -2.18. The predicted octanol–water partition coefficient (Wildman–Crippen LogP) is 5.61. The third-order valence-corrected chi connectivity index (χ3v) is 6.69. The first-order valence-corrected chi connectivity index (χ1v) is 11.7. The van der Waals surface area contributed by atoms with Crippen LogP contribution in [0.4, 0.5) is 5.69 Å². The topological polar surface area (TPSA) is 56.6 Å². The van der Waals surface area contributed by atoms with Crippen molar-refractivity contribution in [2.75, 3.05) is 25.2 Å². The van der Waals surface area contributed by atoms with Gasteiger partial charge in [-0.25, -0.2) is 4.98 Å². The number of nitrogens with zero attached hydrogens (tertiary/aromatic N) is 3. The number of hydrogen-bond acceptors (Lipinski definition) is 4. The standard InChI is InChI=1S/C27H26ClN3O3/c1-18-15-20(11-12-21(18)28)31-17-19(16-26(31)32)27-29-22-7-3-4-8-23(22)30(27)13-14-34-25-10-6-5-9-24(25)33-2/h3-12,15,19H,13-14,16-17H2,1-2H3. The number of amides is 1. The van der Waals surface area contributed by atoms with E-state index in [9.17, 15) is 4.79 Å². The van der Waals surface area contributed by atoms with Gasteiger partial charge in [-0.3, -0.25) is 4.79 Å². The van der Waals surface area contributed by atoms with Crippen molar-refractivity contribution in [1.29, 1.82) is 0 Å². The molecule has 174 valence electrons. The van der Waals surface area contributed by atoms with Gasteiger partial charge in [0.05, 0.1) is 24.7 Å². The Morgan fingerprint density at radius 3 is 2.62 bits per heavy atom. The van der Waals surface area contributed by atoms with Gasteiger partial charge in [0.25, 0.3) is 0 Å². The number of anilines is 1. The summed E-state index contributed by atoms with van der Waals surface area (Å²) in [6, 6.07) is 21.4. The van der Waals surface area contributed by atoms with E-state index in [2.05, 4.69) is 10.6 Å². The van der Waals surface area contributed by atoms with Crippen LogP contribution in [0.25, 0.3) is 11.0 Å². The first-order chi connectivity index (χ1) is 16.5. The molecule has 1 saturated heterocycles. The largest absolute Gasteiger partial charge is 0.493 e. The summed E-state index contributed by atoms with van der Waals surface area (Å²) in [7, 11) is 1.63. The predicted molar refractivity (Wildman–Crippen MR) is 134 cm³/mol. The zero-order valence-corrected chi connectivity index (χ0v) is 20.0. The molecule has 0 radical (unpaired) electrons. The van der Waals surface area contributed by atoms with Crippen molar-refractivity contribution in [3.63, 3.8) is 0 Å². The number of imidazole rings is 1. The Labute approximate surface area is 203 Å². The fourth-order valence-corrected chi connectivity index (χ4v) is 4.67. The highest BCUT2D eigenvalue weighted by molar-refractivity contribution is 6.31. The minimum atomic E-state index is -0.0119. The van der Waals surface area contributed by atoms with Crippen molar-refractivity contribution >= 4 is 34.2 Å². The number of rotatable bonds is 7. The summed E-state index contributed by atoms with van der Waals surface area (Å²) in [5.41, 5.74) is 3.78. The van der Waals surface area contributed by atoms with Crippen molar-refractivity contribution in [3.05, 3.63) is 83.1 Å². The third-order valence-electron chi connectivity index (χ3n) is 6.27. The quantitative estimate of drug-likeness (QED) is 0.349. The molecule has 7 heteroatoms. The Morgan fingerprint density at radius 1 is 1.06 bits per heavy atom. The molecule has 6 nitrogen and oxygen atoms in total. The molecule has 1 fully saturated rings. The molecular formula is C27H26ClN3O3. The number of fused-ring (bicyclic) bond motifs is 1. The van der Waals surface area contributed by atoms with Crippen LogP contribution in [0.15, 0.2) is 66.7 Å². The fraction of sp³-hybridized carbons (Fsp3) is 0.259. The lowest BCUT2D eigenvalue weighted by molar-refractivity contribution is -0.117. The van der Waals surface area contributed by atoms with Crippen molar-refractivity contribution < 1.29 is 14.3 Å². The number of hydrogen-bond donors (Lipinski definition) is 0. The summed E-state index contributed by atoms with van der Waals surface area (Å²) in [5, 5.41) is 0.698. The van der Waals surface area contributed by atoms with E-state index in [1.54, 1.807) is 7.11 Å². The molecular weight excluding hydrogens is 450 g/mol.